The first kappa shape index (κ1) is 17.7. The zero-order valence-corrected chi connectivity index (χ0v) is 14.3. The van der Waals surface area contributed by atoms with Crippen LogP contribution >= 0.6 is 0 Å². The Balaban J connectivity index is 2.18. The molecule has 1 N–H and O–H groups in total. The third kappa shape index (κ3) is 4.41. The summed E-state index contributed by atoms with van der Waals surface area (Å²) in [7, 11) is 3.13. The first-order chi connectivity index (χ1) is 11.4. The van der Waals surface area contributed by atoms with Crippen molar-refractivity contribution in [2.45, 2.75) is 26.3 Å². The number of pyridine rings is 1. The van der Waals surface area contributed by atoms with E-state index < -0.39 is 12.0 Å². The van der Waals surface area contributed by atoms with E-state index >= 15 is 0 Å². The lowest BCUT2D eigenvalue weighted by atomic mass is 10.0. The van der Waals surface area contributed by atoms with Gasteiger partial charge >= 0.3 is 5.97 Å². The van der Waals surface area contributed by atoms with Crippen LogP contribution in [0.25, 0.3) is 11.1 Å². The molecule has 0 radical (unpaired) electrons. The number of amides is 1. The van der Waals surface area contributed by atoms with Gasteiger partial charge in [0.2, 0.25) is 0 Å². The molecule has 1 atom stereocenters. The Morgan fingerprint density at radius 3 is 2.58 bits per heavy atom. The van der Waals surface area contributed by atoms with Crippen LogP contribution in [0.15, 0.2) is 30.9 Å². The Morgan fingerprint density at radius 2 is 2.00 bits per heavy atom. The molecule has 7 nitrogen and oxygen atoms in total. The minimum Gasteiger partial charge on any atom is -0.467 e. The third-order valence-corrected chi connectivity index (χ3v) is 3.54. The first-order valence-corrected chi connectivity index (χ1v) is 7.73. The van der Waals surface area contributed by atoms with Gasteiger partial charge in [0.25, 0.3) is 5.91 Å². The molecule has 1 unspecified atom stereocenters. The second-order valence-corrected chi connectivity index (χ2v) is 6.04. The van der Waals surface area contributed by atoms with Crippen molar-refractivity contribution in [3.05, 3.63) is 36.4 Å². The summed E-state index contributed by atoms with van der Waals surface area (Å²) >= 11 is 0. The van der Waals surface area contributed by atoms with E-state index in [-0.39, 0.29) is 11.8 Å². The highest BCUT2D eigenvalue weighted by Gasteiger charge is 2.23. The van der Waals surface area contributed by atoms with Crippen LogP contribution in [0.4, 0.5) is 0 Å². The number of carbonyl (C=O) groups is 2. The van der Waals surface area contributed by atoms with Gasteiger partial charge in [-0.2, -0.15) is 5.10 Å². The minimum absolute atomic E-state index is 0.245. The second kappa shape index (κ2) is 7.72. The molecule has 1 amide bonds. The Bertz CT molecular complexity index is 724. The Morgan fingerprint density at radius 1 is 1.25 bits per heavy atom. The van der Waals surface area contributed by atoms with E-state index in [9.17, 15) is 9.59 Å². The van der Waals surface area contributed by atoms with Crippen molar-refractivity contribution in [1.29, 1.82) is 0 Å². The highest BCUT2D eigenvalue weighted by Crippen LogP contribution is 2.18. The number of hydrogen-bond acceptors (Lipinski definition) is 5. The zero-order chi connectivity index (χ0) is 17.7. The van der Waals surface area contributed by atoms with Crippen molar-refractivity contribution in [1.82, 2.24) is 20.1 Å². The smallest absolute Gasteiger partial charge is 0.328 e. The van der Waals surface area contributed by atoms with Crippen LogP contribution < -0.4 is 5.32 Å². The number of ether oxygens (including phenoxy) is 1. The molecule has 2 heterocycles. The van der Waals surface area contributed by atoms with Crippen LogP contribution in [0, 0.1) is 5.92 Å². The fourth-order valence-electron chi connectivity index (χ4n) is 2.36. The number of nitrogens with one attached hydrogen (secondary N) is 1. The summed E-state index contributed by atoms with van der Waals surface area (Å²) in [6, 6.07) is 1.05. The molecular formula is C17H22N4O3. The molecule has 0 fully saturated rings. The maximum absolute atomic E-state index is 12.5. The predicted octanol–water partition coefficient (Wildman–Crippen LogP) is 1.80. The van der Waals surface area contributed by atoms with Crippen molar-refractivity contribution < 1.29 is 14.3 Å². The Labute approximate surface area is 141 Å². The van der Waals surface area contributed by atoms with Crippen LogP contribution in [0.2, 0.25) is 0 Å². The highest BCUT2D eigenvalue weighted by atomic mass is 16.5. The third-order valence-electron chi connectivity index (χ3n) is 3.54. The zero-order valence-electron chi connectivity index (χ0n) is 14.3. The maximum Gasteiger partial charge on any atom is 0.328 e. The van der Waals surface area contributed by atoms with Crippen LogP contribution in [-0.4, -0.2) is 39.8 Å². The van der Waals surface area contributed by atoms with Crippen molar-refractivity contribution in [2.24, 2.45) is 13.0 Å². The number of hydrogen-bond donors (Lipinski definition) is 1. The molecule has 0 saturated heterocycles. The molecule has 0 spiro atoms. The fraction of sp³-hybridized carbons (Fsp3) is 0.412. The largest absolute Gasteiger partial charge is 0.467 e. The van der Waals surface area contributed by atoms with Crippen molar-refractivity contribution >= 4 is 11.9 Å². The molecule has 2 aromatic rings. The SMILES string of the molecule is COC(=O)C(CC(C)C)NC(=O)c1cncc(-c2cnn(C)c2)c1. The summed E-state index contributed by atoms with van der Waals surface area (Å²) < 4.78 is 6.44. The first-order valence-electron chi connectivity index (χ1n) is 7.73. The van der Waals surface area contributed by atoms with E-state index in [1.807, 2.05) is 27.1 Å². The number of aromatic nitrogens is 3. The fourth-order valence-corrected chi connectivity index (χ4v) is 2.36. The lowest BCUT2D eigenvalue weighted by molar-refractivity contribution is -0.143. The van der Waals surface area contributed by atoms with Gasteiger partial charge in [0, 0.05) is 36.8 Å². The highest BCUT2D eigenvalue weighted by molar-refractivity contribution is 5.97. The van der Waals surface area contributed by atoms with Crippen LogP contribution in [0.5, 0.6) is 0 Å². The number of esters is 1. The summed E-state index contributed by atoms with van der Waals surface area (Å²) in [6.45, 7) is 3.96. The Hall–Kier alpha value is -2.70. The van der Waals surface area contributed by atoms with Gasteiger partial charge in [-0.15, -0.1) is 0 Å². The average Bonchev–Trinajstić information content (AvgIpc) is 2.99. The summed E-state index contributed by atoms with van der Waals surface area (Å²) in [5.41, 5.74) is 2.04. The molecule has 0 aliphatic heterocycles. The lowest BCUT2D eigenvalue weighted by Gasteiger charge is -2.18. The van der Waals surface area contributed by atoms with Gasteiger partial charge in [-0.05, 0) is 18.4 Å². The van der Waals surface area contributed by atoms with Crippen molar-refractivity contribution in [2.75, 3.05) is 7.11 Å². The summed E-state index contributed by atoms with van der Waals surface area (Å²) in [6.07, 6.45) is 7.19. The van der Waals surface area contributed by atoms with Crippen LogP contribution in [0.3, 0.4) is 0 Å². The molecule has 24 heavy (non-hydrogen) atoms. The quantitative estimate of drug-likeness (QED) is 0.816. The second-order valence-electron chi connectivity index (χ2n) is 6.04. The molecule has 0 aromatic carbocycles. The minimum atomic E-state index is -0.676. The summed E-state index contributed by atoms with van der Waals surface area (Å²) in [5, 5.41) is 6.83. The van der Waals surface area contributed by atoms with Gasteiger partial charge in [-0.3, -0.25) is 14.5 Å². The van der Waals surface area contributed by atoms with Crippen molar-refractivity contribution in [3.8, 4) is 11.1 Å². The number of methoxy groups -OCH3 is 1. The van der Waals surface area contributed by atoms with E-state index in [1.165, 1.54) is 13.3 Å². The van der Waals surface area contributed by atoms with Gasteiger partial charge in [0.15, 0.2) is 0 Å². The molecule has 0 bridgehead atoms. The van der Waals surface area contributed by atoms with Gasteiger partial charge < -0.3 is 10.1 Å². The number of rotatable bonds is 6. The molecule has 2 aromatic heterocycles. The van der Waals surface area contributed by atoms with E-state index in [4.69, 9.17) is 4.74 Å². The van der Waals surface area contributed by atoms with E-state index in [0.29, 0.717) is 12.0 Å². The summed E-state index contributed by atoms with van der Waals surface area (Å²) in [4.78, 5) is 28.4. The lowest BCUT2D eigenvalue weighted by Crippen LogP contribution is -2.42. The molecule has 0 saturated carbocycles. The standard InChI is InChI=1S/C17H22N4O3/c1-11(2)5-15(17(23)24-4)20-16(22)13-6-12(7-18-8-13)14-9-19-21(3)10-14/h6-11,15H,5H2,1-4H3,(H,20,22). The summed E-state index contributed by atoms with van der Waals surface area (Å²) in [5.74, 6) is -0.563. The van der Waals surface area contributed by atoms with Crippen molar-refractivity contribution in [3.63, 3.8) is 0 Å². The predicted molar refractivity (Wildman–Crippen MR) is 89.2 cm³/mol. The van der Waals surface area contributed by atoms with E-state index in [1.54, 1.807) is 23.1 Å². The molecule has 0 aliphatic rings. The van der Waals surface area contributed by atoms with Gasteiger partial charge in [-0.1, -0.05) is 13.8 Å². The maximum atomic E-state index is 12.5. The number of aryl methyl sites for hydroxylation is 1. The molecular weight excluding hydrogens is 308 g/mol. The topological polar surface area (TPSA) is 86.1 Å². The van der Waals surface area contributed by atoms with Gasteiger partial charge in [0.05, 0.1) is 18.9 Å². The van der Waals surface area contributed by atoms with Gasteiger partial charge in [-0.25, -0.2) is 4.79 Å². The molecule has 2 rings (SSSR count). The Kier molecular flexibility index (Phi) is 5.68. The molecule has 0 aliphatic carbocycles. The monoisotopic (exact) mass is 330 g/mol. The normalized spacial score (nSPS) is 12.0. The number of nitrogens with zero attached hydrogens (tertiary/aromatic N) is 3. The molecule has 128 valence electrons. The molecule has 7 heteroatoms. The van der Waals surface area contributed by atoms with Gasteiger partial charge in [0.1, 0.15) is 6.04 Å². The average molecular weight is 330 g/mol. The van der Waals surface area contributed by atoms with E-state index in [2.05, 4.69) is 15.4 Å². The van der Waals surface area contributed by atoms with Crippen LogP contribution in [0.1, 0.15) is 30.6 Å². The van der Waals surface area contributed by atoms with Crippen LogP contribution in [-0.2, 0) is 16.6 Å². The number of carbonyl (C=O) groups excluding carboxylic acids is 2. The van der Waals surface area contributed by atoms with E-state index in [0.717, 1.165) is 11.1 Å².